The Morgan fingerprint density at radius 2 is 1.88 bits per heavy atom. The second-order valence-corrected chi connectivity index (χ2v) is 11.5. The standard InChI is InChI=1S/C32H28BrFN2O5S/c1-5-40-31(38)27-19(3)35-32-36(28(27)20-12-10-18(2)11-13-20)30(37)26(42-32)15-22-14-23(33)16-25(39-4)29(22)41-17-21-8-6-7-9-24(21)34/h6-16,28H,5,17H2,1-4H3/b26-15-/t28-/m1/s1. The molecule has 0 saturated heterocycles. The van der Waals surface area contributed by atoms with Crippen LogP contribution in [0.5, 0.6) is 11.5 Å². The van der Waals surface area contributed by atoms with Gasteiger partial charge in [-0.2, -0.15) is 0 Å². The Hall–Kier alpha value is -4.02. The fourth-order valence-electron chi connectivity index (χ4n) is 4.76. The number of carbonyl (C=O) groups is 1. The summed E-state index contributed by atoms with van der Waals surface area (Å²) in [6, 6.07) is 16.9. The third kappa shape index (κ3) is 5.82. The molecule has 7 nitrogen and oxygen atoms in total. The van der Waals surface area contributed by atoms with Crippen molar-refractivity contribution in [1.29, 1.82) is 0 Å². The number of hydrogen-bond donors (Lipinski definition) is 0. The maximum atomic E-state index is 14.3. The van der Waals surface area contributed by atoms with Gasteiger partial charge in [-0.3, -0.25) is 9.36 Å². The summed E-state index contributed by atoms with van der Waals surface area (Å²) in [5.41, 5.74) is 3.24. The lowest BCUT2D eigenvalue weighted by molar-refractivity contribution is -0.139. The number of ether oxygens (including phenoxy) is 3. The van der Waals surface area contributed by atoms with Gasteiger partial charge in [0.1, 0.15) is 12.4 Å². The predicted octanol–water partition coefficient (Wildman–Crippen LogP) is 5.60. The van der Waals surface area contributed by atoms with Crippen LogP contribution in [-0.4, -0.2) is 24.3 Å². The van der Waals surface area contributed by atoms with Crippen molar-refractivity contribution in [2.45, 2.75) is 33.4 Å². The van der Waals surface area contributed by atoms with Crippen molar-refractivity contribution in [3.63, 3.8) is 0 Å². The summed E-state index contributed by atoms with van der Waals surface area (Å²) in [4.78, 5) is 32.3. The normalized spacial score (nSPS) is 14.8. The van der Waals surface area contributed by atoms with Gasteiger partial charge in [-0.1, -0.05) is 75.3 Å². The topological polar surface area (TPSA) is 79.1 Å². The van der Waals surface area contributed by atoms with E-state index in [9.17, 15) is 14.0 Å². The third-order valence-corrected chi connectivity index (χ3v) is 8.24. The molecule has 216 valence electrons. The van der Waals surface area contributed by atoms with E-state index in [0.29, 0.717) is 47.7 Å². The maximum absolute atomic E-state index is 14.3. The quantitative estimate of drug-likeness (QED) is 0.232. The van der Waals surface area contributed by atoms with Crippen LogP contribution in [0.1, 0.15) is 42.1 Å². The lowest BCUT2D eigenvalue weighted by Gasteiger charge is -2.24. The van der Waals surface area contributed by atoms with Gasteiger partial charge in [0.2, 0.25) is 0 Å². The second kappa shape index (κ2) is 12.5. The van der Waals surface area contributed by atoms with Crippen LogP contribution in [-0.2, 0) is 16.1 Å². The molecule has 0 unspecified atom stereocenters. The molecule has 1 aromatic heterocycles. The molecule has 0 spiro atoms. The molecule has 1 aliphatic rings. The lowest BCUT2D eigenvalue weighted by atomic mass is 9.95. The molecule has 0 amide bonds. The first-order valence-corrected chi connectivity index (χ1v) is 14.8. The van der Waals surface area contributed by atoms with Gasteiger partial charge in [0.15, 0.2) is 16.3 Å². The molecule has 0 bridgehead atoms. The number of aryl methyl sites for hydroxylation is 1. The number of carbonyl (C=O) groups excluding carboxylic acids is 1. The Bertz CT molecular complexity index is 1880. The number of aromatic nitrogens is 1. The summed E-state index contributed by atoms with van der Waals surface area (Å²) >= 11 is 4.71. The fraction of sp³-hybridized carbons (Fsp3) is 0.219. The molecule has 5 rings (SSSR count). The van der Waals surface area contributed by atoms with Gasteiger partial charge in [0.05, 0.1) is 35.6 Å². The Morgan fingerprint density at radius 3 is 2.57 bits per heavy atom. The first-order chi connectivity index (χ1) is 20.2. The molecule has 4 aromatic rings. The number of rotatable bonds is 8. The number of esters is 1. The minimum absolute atomic E-state index is 0.0394. The molecule has 3 aromatic carbocycles. The monoisotopic (exact) mass is 650 g/mol. The second-order valence-electron chi connectivity index (χ2n) is 9.62. The Kier molecular flexibility index (Phi) is 8.74. The van der Waals surface area contributed by atoms with Crippen LogP contribution in [0, 0.1) is 12.7 Å². The smallest absolute Gasteiger partial charge is 0.338 e. The molecular formula is C32H28BrFN2O5S. The van der Waals surface area contributed by atoms with E-state index in [1.165, 1.54) is 29.1 Å². The molecular weight excluding hydrogens is 623 g/mol. The number of fused-ring (bicyclic) bond motifs is 1. The summed E-state index contributed by atoms with van der Waals surface area (Å²) in [6.45, 7) is 5.62. The highest BCUT2D eigenvalue weighted by Crippen LogP contribution is 2.36. The van der Waals surface area contributed by atoms with Crippen LogP contribution in [0.15, 0.2) is 86.2 Å². The van der Waals surface area contributed by atoms with Gasteiger partial charge in [-0.15, -0.1) is 0 Å². The Balaban J connectivity index is 1.67. The van der Waals surface area contributed by atoms with Gasteiger partial charge in [-0.05, 0) is 50.6 Å². The van der Waals surface area contributed by atoms with Gasteiger partial charge in [0.25, 0.3) is 5.56 Å². The van der Waals surface area contributed by atoms with E-state index in [1.54, 1.807) is 50.3 Å². The van der Waals surface area contributed by atoms with E-state index in [-0.39, 0.29) is 24.6 Å². The van der Waals surface area contributed by atoms with E-state index in [4.69, 9.17) is 14.2 Å². The highest BCUT2D eigenvalue weighted by atomic mass is 79.9. The maximum Gasteiger partial charge on any atom is 0.338 e. The van der Waals surface area contributed by atoms with Gasteiger partial charge in [-0.25, -0.2) is 14.2 Å². The van der Waals surface area contributed by atoms with Crippen molar-refractivity contribution < 1.29 is 23.4 Å². The number of nitrogens with zero attached hydrogens (tertiary/aromatic N) is 2. The zero-order valence-corrected chi connectivity index (χ0v) is 25.8. The number of thiazole rings is 1. The summed E-state index contributed by atoms with van der Waals surface area (Å²) in [6.07, 6.45) is 1.70. The molecule has 0 radical (unpaired) electrons. The van der Waals surface area contributed by atoms with Gasteiger partial charge in [0, 0.05) is 15.6 Å². The van der Waals surface area contributed by atoms with Crippen molar-refractivity contribution >= 4 is 39.3 Å². The summed E-state index contributed by atoms with van der Waals surface area (Å²) in [5, 5.41) is 0. The van der Waals surface area contributed by atoms with Crippen molar-refractivity contribution in [3.05, 3.63) is 124 Å². The van der Waals surface area contributed by atoms with Crippen LogP contribution in [0.3, 0.4) is 0 Å². The number of benzene rings is 3. The van der Waals surface area contributed by atoms with Crippen molar-refractivity contribution in [2.75, 3.05) is 13.7 Å². The van der Waals surface area contributed by atoms with Crippen molar-refractivity contribution in [1.82, 2.24) is 4.57 Å². The largest absolute Gasteiger partial charge is 0.493 e. The highest BCUT2D eigenvalue weighted by molar-refractivity contribution is 9.10. The number of allylic oxidation sites excluding steroid dienone is 1. The van der Waals surface area contributed by atoms with Crippen LogP contribution >= 0.6 is 27.3 Å². The number of hydrogen-bond acceptors (Lipinski definition) is 7. The first kappa shape index (κ1) is 29.5. The zero-order valence-electron chi connectivity index (χ0n) is 23.4. The molecule has 42 heavy (non-hydrogen) atoms. The van der Waals surface area contributed by atoms with Crippen LogP contribution in [0.4, 0.5) is 4.39 Å². The minimum Gasteiger partial charge on any atom is -0.493 e. The van der Waals surface area contributed by atoms with Crippen LogP contribution in [0.2, 0.25) is 0 Å². The van der Waals surface area contributed by atoms with E-state index < -0.39 is 12.0 Å². The fourth-order valence-corrected chi connectivity index (χ4v) is 6.26. The molecule has 1 atom stereocenters. The highest BCUT2D eigenvalue weighted by Gasteiger charge is 2.33. The van der Waals surface area contributed by atoms with E-state index in [0.717, 1.165) is 11.1 Å². The molecule has 0 aliphatic carbocycles. The predicted molar refractivity (Wildman–Crippen MR) is 163 cm³/mol. The minimum atomic E-state index is -0.711. The summed E-state index contributed by atoms with van der Waals surface area (Å²) in [5.74, 6) is -0.127. The molecule has 0 N–H and O–H groups in total. The summed E-state index contributed by atoms with van der Waals surface area (Å²) < 4.78 is 34.0. The SMILES string of the molecule is CCOC(=O)C1=C(C)N=c2s/c(=C\c3cc(Br)cc(OC)c3OCc3ccccc3F)c(=O)n2[C@@H]1c1ccc(C)cc1. The van der Waals surface area contributed by atoms with Crippen molar-refractivity contribution in [2.24, 2.45) is 4.99 Å². The molecule has 0 saturated carbocycles. The first-order valence-electron chi connectivity index (χ1n) is 13.2. The van der Waals surface area contributed by atoms with E-state index >= 15 is 0 Å². The average Bonchev–Trinajstić information content (AvgIpc) is 3.26. The van der Waals surface area contributed by atoms with Crippen LogP contribution < -0.4 is 24.4 Å². The molecule has 2 heterocycles. The average molecular weight is 652 g/mol. The van der Waals surface area contributed by atoms with Gasteiger partial charge >= 0.3 is 5.97 Å². The molecule has 1 aliphatic heterocycles. The third-order valence-electron chi connectivity index (χ3n) is 6.79. The Morgan fingerprint density at radius 1 is 1.14 bits per heavy atom. The van der Waals surface area contributed by atoms with Crippen molar-refractivity contribution in [3.8, 4) is 11.5 Å². The zero-order chi connectivity index (χ0) is 30.0. The lowest BCUT2D eigenvalue weighted by Crippen LogP contribution is -2.39. The van der Waals surface area contributed by atoms with Crippen LogP contribution in [0.25, 0.3) is 6.08 Å². The molecule has 10 heteroatoms. The Labute approximate surface area is 254 Å². The number of halogens is 2. The van der Waals surface area contributed by atoms with E-state index in [1.807, 2.05) is 31.2 Å². The summed E-state index contributed by atoms with van der Waals surface area (Å²) in [7, 11) is 1.51. The van der Waals surface area contributed by atoms with E-state index in [2.05, 4.69) is 20.9 Å². The van der Waals surface area contributed by atoms with Gasteiger partial charge < -0.3 is 14.2 Å². The molecule has 0 fully saturated rings. The number of methoxy groups -OCH3 is 1.